The van der Waals surface area contributed by atoms with E-state index in [0.29, 0.717) is 12.4 Å². The third kappa shape index (κ3) is 3.66. The number of aryl methyl sites for hydroxylation is 1. The van der Waals surface area contributed by atoms with Crippen molar-refractivity contribution in [3.63, 3.8) is 0 Å². The lowest BCUT2D eigenvalue weighted by Gasteiger charge is -2.09. The molecule has 0 fully saturated rings. The number of hydrogen-bond acceptors (Lipinski definition) is 3. The molecule has 3 aromatic rings. The summed E-state index contributed by atoms with van der Waals surface area (Å²) in [6.45, 7) is 2.68. The summed E-state index contributed by atoms with van der Waals surface area (Å²) >= 11 is 0. The van der Waals surface area contributed by atoms with Crippen LogP contribution in [0.2, 0.25) is 0 Å². The Morgan fingerprint density at radius 3 is 2.70 bits per heavy atom. The molecule has 3 rings (SSSR count). The van der Waals surface area contributed by atoms with Gasteiger partial charge >= 0.3 is 0 Å². The Morgan fingerprint density at radius 1 is 1.09 bits per heavy atom. The fourth-order valence-electron chi connectivity index (χ4n) is 2.48. The predicted molar refractivity (Wildman–Crippen MR) is 93.2 cm³/mol. The first-order chi connectivity index (χ1) is 11.2. The second-order valence-corrected chi connectivity index (χ2v) is 5.45. The van der Waals surface area contributed by atoms with Crippen molar-refractivity contribution in [2.45, 2.75) is 13.3 Å². The van der Waals surface area contributed by atoms with Crippen LogP contribution in [0.4, 0.5) is 5.82 Å². The monoisotopic (exact) mass is 305 g/mol. The quantitative estimate of drug-likeness (QED) is 0.787. The molecule has 1 heterocycles. The Morgan fingerprint density at radius 2 is 1.91 bits per heavy atom. The molecule has 1 N–H and O–H groups in total. The third-order valence-electron chi connectivity index (χ3n) is 3.67. The SMILES string of the molecule is Cc1cccc(-n2ccnc(NCCc3ccccc3)c2=O)c1. The number of aromatic nitrogens is 2. The van der Waals surface area contributed by atoms with Crippen molar-refractivity contribution in [3.8, 4) is 5.69 Å². The second kappa shape index (κ2) is 6.92. The van der Waals surface area contributed by atoms with E-state index in [1.165, 1.54) is 5.56 Å². The summed E-state index contributed by atoms with van der Waals surface area (Å²) in [5.41, 5.74) is 3.06. The highest BCUT2D eigenvalue weighted by Crippen LogP contribution is 2.08. The topological polar surface area (TPSA) is 46.9 Å². The number of nitrogens with zero attached hydrogens (tertiary/aromatic N) is 2. The fraction of sp³-hybridized carbons (Fsp3) is 0.158. The predicted octanol–water partition coefficient (Wildman–Crippen LogP) is 3.20. The van der Waals surface area contributed by atoms with Gasteiger partial charge in [0.05, 0.1) is 0 Å². The first-order valence-corrected chi connectivity index (χ1v) is 7.66. The van der Waals surface area contributed by atoms with Gasteiger partial charge in [-0.2, -0.15) is 0 Å². The lowest BCUT2D eigenvalue weighted by molar-refractivity contribution is 0.931. The van der Waals surface area contributed by atoms with E-state index >= 15 is 0 Å². The number of benzene rings is 2. The molecule has 116 valence electrons. The van der Waals surface area contributed by atoms with E-state index in [1.54, 1.807) is 17.0 Å². The minimum Gasteiger partial charge on any atom is -0.365 e. The van der Waals surface area contributed by atoms with E-state index in [4.69, 9.17) is 0 Å². The van der Waals surface area contributed by atoms with Gasteiger partial charge in [0.25, 0.3) is 5.56 Å². The third-order valence-corrected chi connectivity index (χ3v) is 3.67. The summed E-state index contributed by atoms with van der Waals surface area (Å²) in [4.78, 5) is 16.7. The molecule has 0 aliphatic carbocycles. The van der Waals surface area contributed by atoms with Crippen LogP contribution in [0.25, 0.3) is 5.69 Å². The summed E-state index contributed by atoms with van der Waals surface area (Å²) in [5.74, 6) is 0.380. The number of rotatable bonds is 5. The van der Waals surface area contributed by atoms with Crippen molar-refractivity contribution >= 4 is 5.82 Å². The molecule has 0 spiro atoms. The first kappa shape index (κ1) is 15.0. The molecule has 4 nitrogen and oxygen atoms in total. The molecular weight excluding hydrogens is 286 g/mol. The van der Waals surface area contributed by atoms with Gasteiger partial charge in [0.1, 0.15) is 0 Å². The Balaban J connectivity index is 1.76. The van der Waals surface area contributed by atoms with E-state index < -0.39 is 0 Å². The van der Waals surface area contributed by atoms with Gasteiger partial charge in [-0.3, -0.25) is 9.36 Å². The van der Waals surface area contributed by atoms with Crippen LogP contribution in [-0.4, -0.2) is 16.1 Å². The molecule has 0 unspecified atom stereocenters. The fourth-order valence-corrected chi connectivity index (χ4v) is 2.48. The molecule has 0 saturated carbocycles. The summed E-state index contributed by atoms with van der Waals surface area (Å²) in [5, 5.41) is 3.14. The smallest absolute Gasteiger partial charge is 0.297 e. The van der Waals surface area contributed by atoms with Gasteiger partial charge in [0, 0.05) is 24.6 Å². The normalized spacial score (nSPS) is 10.5. The molecule has 1 aromatic heterocycles. The van der Waals surface area contributed by atoms with E-state index in [9.17, 15) is 4.79 Å². The minimum atomic E-state index is -0.133. The maximum atomic E-state index is 12.6. The Kier molecular flexibility index (Phi) is 4.52. The van der Waals surface area contributed by atoms with Crippen LogP contribution in [0.15, 0.2) is 71.8 Å². The van der Waals surface area contributed by atoms with Crippen molar-refractivity contribution in [2.24, 2.45) is 0 Å². The number of nitrogens with one attached hydrogen (secondary N) is 1. The molecule has 23 heavy (non-hydrogen) atoms. The van der Waals surface area contributed by atoms with Gasteiger partial charge in [-0.15, -0.1) is 0 Å². The highest BCUT2D eigenvalue weighted by atomic mass is 16.1. The van der Waals surface area contributed by atoms with Gasteiger partial charge in [0.15, 0.2) is 5.82 Å². The average molecular weight is 305 g/mol. The number of hydrogen-bond donors (Lipinski definition) is 1. The number of anilines is 1. The molecule has 0 aliphatic rings. The van der Waals surface area contributed by atoms with E-state index in [1.807, 2.05) is 49.4 Å². The maximum Gasteiger partial charge on any atom is 0.297 e. The molecule has 0 bridgehead atoms. The second-order valence-electron chi connectivity index (χ2n) is 5.45. The zero-order valence-corrected chi connectivity index (χ0v) is 13.1. The summed E-state index contributed by atoms with van der Waals surface area (Å²) in [6.07, 6.45) is 4.19. The summed E-state index contributed by atoms with van der Waals surface area (Å²) in [7, 11) is 0. The Labute approximate surface area is 135 Å². The molecule has 0 saturated heterocycles. The van der Waals surface area contributed by atoms with Crippen LogP contribution in [-0.2, 0) is 6.42 Å². The molecule has 0 aliphatic heterocycles. The van der Waals surface area contributed by atoms with Gasteiger partial charge in [-0.25, -0.2) is 4.98 Å². The molecule has 0 amide bonds. The molecular formula is C19H19N3O. The summed E-state index contributed by atoms with van der Waals surface area (Å²) < 4.78 is 1.62. The first-order valence-electron chi connectivity index (χ1n) is 7.66. The van der Waals surface area contributed by atoms with Crippen molar-refractivity contribution in [3.05, 3.63) is 88.5 Å². The van der Waals surface area contributed by atoms with Crippen molar-refractivity contribution < 1.29 is 0 Å². The van der Waals surface area contributed by atoms with E-state index in [0.717, 1.165) is 17.7 Å². The van der Waals surface area contributed by atoms with E-state index in [2.05, 4.69) is 22.4 Å². The van der Waals surface area contributed by atoms with Crippen molar-refractivity contribution in [2.75, 3.05) is 11.9 Å². The van der Waals surface area contributed by atoms with Crippen LogP contribution in [0, 0.1) is 6.92 Å². The highest BCUT2D eigenvalue weighted by molar-refractivity contribution is 5.40. The van der Waals surface area contributed by atoms with Crippen molar-refractivity contribution in [1.82, 2.24) is 9.55 Å². The standard InChI is InChI=1S/C19H19N3O/c1-15-6-5-9-17(14-15)22-13-12-21-18(19(22)23)20-11-10-16-7-3-2-4-8-16/h2-9,12-14H,10-11H2,1H3,(H,20,21). The molecule has 4 heteroatoms. The minimum absolute atomic E-state index is 0.133. The zero-order chi connectivity index (χ0) is 16.1. The van der Waals surface area contributed by atoms with Crippen LogP contribution in [0.3, 0.4) is 0 Å². The van der Waals surface area contributed by atoms with Crippen LogP contribution >= 0.6 is 0 Å². The van der Waals surface area contributed by atoms with E-state index in [-0.39, 0.29) is 5.56 Å². The molecule has 0 radical (unpaired) electrons. The maximum absolute atomic E-state index is 12.6. The largest absolute Gasteiger partial charge is 0.365 e. The molecule has 0 atom stereocenters. The van der Waals surface area contributed by atoms with Gasteiger partial charge in [-0.1, -0.05) is 42.5 Å². The zero-order valence-electron chi connectivity index (χ0n) is 13.1. The summed E-state index contributed by atoms with van der Waals surface area (Å²) in [6, 6.07) is 18.0. The van der Waals surface area contributed by atoms with Gasteiger partial charge in [-0.05, 0) is 36.6 Å². The Bertz CT molecular complexity index is 840. The van der Waals surface area contributed by atoms with Crippen LogP contribution in [0.1, 0.15) is 11.1 Å². The Hall–Kier alpha value is -2.88. The average Bonchev–Trinajstić information content (AvgIpc) is 2.57. The van der Waals surface area contributed by atoms with Crippen LogP contribution < -0.4 is 10.9 Å². The van der Waals surface area contributed by atoms with Gasteiger partial charge < -0.3 is 5.32 Å². The van der Waals surface area contributed by atoms with Crippen molar-refractivity contribution in [1.29, 1.82) is 0 Å². The highest BCUT2D eigenvalue weighted by Gasteiger charge is 2.06. The van der Waals surface area contributed by atoms with Crippen LogP contribution in [0.5, 0.6) is 0 Å². The lowest BCUT2D eigenvalue weighted by atomic mass is 10.1. The van der Waals surface area contributed by atoms with Gasteiger partial charge in [0.2, 0.25) is 0 Å². The lowest BCUT2D eigenvalue weighted by Crippen LogP contribution is -2.24. The molecule has 2 aromatic carbocycles.